The van der Waals surface area contributed by atoms with E-state index in [2.05, 4.69) is 31.5 Å². The van der Waals surface area contributed by atoms with Gasteiger partial charge in [0.05, 0.1) is 22.6 Å². The lowest BCUT2D eigenvalue weighted by Crippen LogP contribution is -2.14. The number of carbonyl (C=O) groups is 1. The van der Waals surface area contributed by atoms with Gasteiger partial charge in [-0.25, -0.2) is 9.37 Å². The first kappa shape index (κ1) is 14.7. The van der Waals surface area contributed by atoms with Gasteiger partial charge in [-0.05, 0) is 40.2 Å². The Morgan fingerprint density at radius 2 is 2.15 bits per heavy atom. The molecule has 7 heteroatoms. The number of hydrogen-bond acceptors (Lipinski definition) is 3. The Balaban J connectivity index is 2.23. The van der Waals surface area contributed by atoms with Gasteiger partial charge in [0.2, 0.25) is 0 Å². The van der Waals surface area contributed by atoms with Gasteiger partial charge in [0.1, 0.15) is 11.5 Å². The molecule has 20 heavy (non-hydrogen) atoms. The molecule has 1 aromatic carbocycles. The predicted molar refractivity (Wildman–Crippen MR) is 80.8 cm³/mol. The summed E-state index contributed by atoms with van der Waals surface area (Å²) in [6.07, 6.45) is 1.54. The van der Waals surface area contributed by atoms with Crippen LogP contribution in [-0.2, 0) is 0 Å². The maximum absolute atomic E-state index is 13.1. The molecule has 0 fully saturated rings. The quantitative estimate of drug-likeness (QED) is 0.874. The van der Waals surface area contributed by atoms with Gasteiger partial charge in [0.25, 0.3) is 5.91 Å². The lowest BCUT2D eigenvalue weighted by Gasteiger charge is -2.09. The first-order valence-corrected chi connectivity index (χ1v) is 6.78. The van der Waals surface area contributed by atoms with Crippen LogP contribution < -0.4 is 10.6 Å². The van der Waals surface area contributed by atoms with Gasteiger partial charge in [-0.15, -0.1) is 0 Å². The van der Waals surface area contributed by atoms with Gasteiger partial charge in [-0.2, -0.15) is 0 Å². The zero-order valence-electron chi connectivity index (χ0n) is 10.4. The number of benzene rings is 1. The van der Waals surface area contributed by atoms with E-state index in [1.807, 2.05) is 0 Å². The van der Waals surface area contributed by atoms with Crippen LogP contribution in [0.4, 0.5) is 15.8 Å². The van der Waals surface area contributed by atoms with Crippen molar-refractivity contribution in [3.63, 3.8) is 0 Å². The van der Waals surface area contributed by atoms with Crippen molar-refractivity contribution in [3.8, 4) is 0 Å². The van der Waals surface area contributed by atoms with Gasteiger partial charge < -0.3 is 10.6 Å². The Hall–Kier alpha value is -1.66. The summed E-state index contributed by atoms with van der Waals surface area (Å²) in [5, 5.41) is 5.60. The van der Waals surface area contributed by atoms with Gasteiger partial charge in [0.15, 0.2) is 0 Å². The van der Waals surface area contributed by atoms with Gasteiger partial charge in [0, 0.05) is 11.5 Å². The minimum absolute atomic E-state index is 0.108. The van der Waals surface area contributed by atoms with Gasteiger partial charge in [-0.1, -0.05) is 11.6 Å². The second-order valence-corrected chi connectivity index (χ2v) is 5.14. The van der Waals surface area contributed by atoms with Crippen LogP contribution in [0.25, 0.3) is 0 Å². The molecule has 4 nitrogen and oxygen atoms in total. The summed E-state index contributed by atoms with van der Waals surface area (Å²) in [5.41, 5.74) is 1.33. The lowest BCUT2D eigenvalue weighted by molar-refractivity contribution is 0.102. The molecule has 1 aromatic heterocycles. The Labute approximate surface area is 128 Å². The number of halogens is 3. The Morgan fingerprint density at radius 3 is 2.70 bits per heavy atom. The van der Waals surface area contributed by atoms with E-state index in [1.165, 1.54) is 12.3 Å². The molecule has 104 valence electrons. The number of rotatable bonds is 3. The minimum atomic E-state index is -0.489. The van der Waals surface area contributed by atoms with E-state index >= 15 is 0 Å². The molecule has 0 unspecified atom stereocenters. The molecular formula is C13H10BrClFN3O. The molecule has 1 amide bonds. The van der Waals surface area contributed by atoms with Crippen LogP contribution in [0.1, 0.15) is 10.5 Å². The molecule has 0 radical (unpaired) electrons. The van der Waals surface area contributed by atoms with Crippen molar-refractivity contribution in [2.75, 3.05) is 17.7 Å². The molecule has 0 bridgehead atoms. The average molecular weight is 359 g/mol. The fraction of sp³-hybridized carbons (Fsp3) is 0.0769. The number of pyridine rings is 1. The summed E-state index contributed by atoms with van der Waals surface area (Å²) < 4.78 is 13.5. The fourth-order valence-electron chi connectivity index (χ4n) is 1.52. The number of nitrogens with zero attached hydrogens (tertiary/aromatic N) is 1. The summed E-state index contributed by atoms with van der Waals surface area (Å²) in [5.74, 6) is -0.918. The smallest absolute Gasteiger partial charge is 0.274 e. The maximum Gasteiger partial charge on any atom is 0.274 e. The van der Waals surface area contributed by atoms with Crippen molar-refractivity contribution in [2.24, 2.45) is 0 Å². The zero-order valence-corrected chi connectivity index (χ0v) is 12.7. The van der Waals surface area contributed by atoms with Crippen molar-refractivity contribution in [1.29, 1.82) is 0 Å². The van der Waals surface area contributed by atoms with Crippen molar-refractivity contribution < 1.29 is 9.18 Å². The van der Waals surface area contributed by atoms with Gasteiger partial charge in [-0.3, -0.25) is 4.79 Å². The third-order valence-electron chi connectivity index (χ3n) is 2.53. The number of amides is 1. The van der Waals surface area contributed by atoms with Crippen molar-refractivity contribution in [1.82, 2.24) is 4.98 Å². The van der Waals surface area contributed by atoms with E-state index < -0.39 is 11.7 Å². The molecule has 0 aliphatic rings. The molecule has 2 N–H and O–H groups in total. The molecule has 0 aliphatic carbocycles. The van der Waals surface area contributed by atoms with E-state index in [0.717, 1.165) is 11.8 Å². The van der Waals surface area contributed by atoms with Crippen LogP contribution in [0.3, 0.4) is 0 Å². The Kier molecular flexibility index (Phi) is 4.57. The van der Waals surface area contributed by atoms with E-state index in [0.29, 0.717) is 10.2 Å². The summed E-state index contributed by atoms with van der Waals surface area (Å²) in [6, 6.07) is 5.65. The van der Waals surface area contributed by atoms with Crippen LogP contribution >= 0.6 is 27.5 Å². The van der Waals surface area contributed by atoms with E-state index in [9.17, 15) is 9.18 Å². The largest absolute Gasteiger partial charge is 0.387 e. The number of nitrogens with one attached hydrogen (secondary N) is 2. The average Bonchev–Trinajstić information content (AvgIpc) is 2.42. The monoisotopic (exact) mass is 357 g/mol. The highest BCUT2D eigenvalue weighted by atomic mass is 79.9. The third kappa shape index (κ3) is 3.26. The van der Waals surface area contributed by atoms with Crippen molar-refractivity contribution in [2.45, 2.75) is 0 Å². The maximum atomic E-state index is 13.1. The summed E-state index contributed by atoms with van der Waals surface area (Å²) in [7, 11) is 1.76. The fourth-order valence-corrected chi connectivity index (χ4v) is 2.41. The molecule has 0 aliphatic heterocycles. The topological polar surface area (TPSA) is 54.0 Å². The minimum Gasteiger partial charge on any atom is -0.387 e. The van der Waals surface area contributed by atoms with Crippen LogP contribution in [0, 0.1) is 5.82 Å². The normalized spacial score (nSPS) is 10.2. The third-order valence-corrected chi connectivity index (χ3v) is 3.45. The number of aromatic nitrogens is 1. The number of carbonyl (C=O) groups excluding carboxylic acids is 1. The highest BCUT2D eigenvalue weighted by Gasteiger charge is 2.13. The van der Waals surface area contributed by atoms with E-state index in [4.69, 9.17) is 11.6 Å². The first-order valence-electron chi connectivity index (χ1n) is 5.61. The summed E-state index contributed by atoms with van der Waals surface area (Å²) in [4.78, 5) is 16.1. The van der Waals surface area contributed by atoms with Crippen LogP contribution in [0.5, 0.6) is 0 Å². The second-order valence-electron chi connectivity index (χ2n) is 3.88. The molecular weight excluding hydrogens is 349 g/mol. The lowest BCUT2D eigenvalue weighted by atomic mass is 10.2. The first-order chi connectivity index (χ1) is 9.51. The van der Waals surface area contributed by atoms with E-state index in [-0.39, 0.29) is 10.7 Å². The molecule has 0 saturated carbocycles. The SMILES string of the molecule is CNc1ccc(C(=O)Nc2c(Cl)cc(F)cc2Br)nc1. The number of hydrogen-bond donors (Lipinski definition) is 2. The van der Waals surface area contributed by atoms with Crippen LogP contribution in [0.15, 0.2) is 34.9 Å². The molecule has 2 aromatic rings. The van der Waals surface area contributed by atoms with Gasteiger partial charge >= 0.3 is 0 Å². The Morgan fingerprint density at radius 1 is 1.40 bits per heavy atom. The molecule has 1 heterocycles. The Bertz CT molecular complexity index is 626. The standard InChI is InChI=1S/C13H10BrClFN3O/c1-17-8-2-3-11(18-6-8)13(20)19-12-9(14)4-7(16)5-10(12)15/h2-6,17H,1H3,(H,19,20). The highest BCUT2D eigenvalue weighted by molar-refractivity contribution is 9.10. The summed E-state index contributed by atoms with van der Waals surface area (Å²) >= 11 is 9.05. The molecule has 0 atom stereocenters. The second kappa shape index (κ2) is 6.19. The molecule has 2 rings (SSSR count). The van der Waals surface area contributed by atoms with Crippen LogP contribution in [-0.4, -0.2) is 17.9 Å². The zero-order chi connectivity index (χ0) is 14.7. The van der Waals surface area contributed by atoms with Crippen molar-refractivity contribution >= 4 is 44.8 Å². The highest BCUT2D eigenvalue weighted by Crippen LogP contribution is 2.31. The molecule has 0 spiro atoms. The van der Waals surface area contributed by atoms with Crippen molar-refractivity contribution in [3.05, 3.63) is 51.5 Å². The predicted octanol–water partition coefficient (Wildman–Crippen LogP) is 3.93. The van der Waals surface area contributed by atoms with E-state index in [1.54, 1.807) is 19.2 Å². The summed E-state index contributed by atoms with van der Waals surface area (Å²) in [6.45, 7) is 0. The number of anilines is 2. The molecule has 0 saturated heterocycles. The van der Waals surface area contributed by atoms with Crippen LogP contribution in [0.2, 0.25) is 5.02 Å².